The molecule has 0 bridgehead atoms. The second-order valence-electron chi connectivity index (χ2n) is 4.21. The molecular formula is C11H15ClN2O2. The van der Waals surface area contributed by atoms with Crippen molar-refractivity contribution in [2.45, 2.75) is 20.3 Å². The molecule has 2 heterocycles. The van der Waals surface area contributed by atoms with E-state index in [1.807, 2.05) is 0 Å². The van der Waals surface area contributed by atoms with Gasteiger partial charge < -0.3 is 9.32 Å². The van der Waals surface area contributed by atoms with Gasteiger partial charge in [0.2, 0.25) is 5.76 Å². The van der Waals surface area contributed by atoms with E-state index in [9.17, 15) is 4.79 Å². The Labute approximate surface area is 99.6 Å². The van der Waals surface area contributed by atoms with Crippen LogP contribution in [0, 0.1) is 19.8 Å². The van der Waals surface area contributed by atoms with Crippen LogP contribution in [0.5, 0.6) is 0 Å². The summed E-state index contributed by atoms with van der Waals surface area (Å²) in [7, 11) is 0. The van der Waals surface area contributed by atoms with Crippen molar-refractivity contribution < 1.29 is 9.21 Å². The molecule has 1 atom stereocenters. The van der Waals surface area contributed by atoms with Crippen LogP contribution < -0.4 is 0 Å². The molecule has 1 fully saturated rings. The van der Waals surface area contributed by atoms with E-state index in [0.29, 0.717) is 29.1 Å². The topological polar surface area (TPSA) is 46.3 Å². The van der Waals surface area contributed by atoms with Crippen molar-refractivity contribution in [3.8, 4) is 0 Å². The van der Waals surface area contributed by atoms with E-state index < -0.39 is 0 Å². The lowest BCUT2D eigenvalue weighted by Gasteiger charge is -2.14. The van der Waals surface area contributed by atoms with Crippen LogP contribution >= 0.6 is 11.6 Å². The lowest BCUT2D eigenvalue weighted by Crippen LogP contribution is -2.29. The van der Waals surface area contributed by atoms with Gasteiger partial charge in [-0.25, -0.2) is 4.98 Å². The number of hydrogen-bond donors (Lipinski definition) is 0. The van der Waals surface area contributed by atoms with Crippen LogP contribution in [0.2, 0.25) is 0 Å². The molecule has 0 spiro atoms. The van der Waals surface area contributed by atoms with Crippen LogP contribution in [0.4, 0.5) is 0 Å². The van der Waals surface area contributed by atoms with Crippen LogP contribution in [-0.4, -0.2) is 34.8 Å². The number of aryl methyl sites for hydroxylation is 2. The highest BCUT2D eigenvalue weighted by Crippen LogP contribution is 2.21. The Morgan fingerprint density at radius 2 is 2.38 bits per heavy atom. The van der Waals surface area contributed by atoms with Crippen molar-refractivity contribution in [2.24, 2.45) is 5.92 Å². The first kappa shape index (κ1) is 11.5. The highest BCUT2D eigenvalue weighted by molar-refractivity contribution is 6.18. The van der Waals surface area contributed by atoms with Crippen molar-refractivity contribution in [2.75, 3.05) is 19.0 Å². The van der Waals surface area contributed by atoms with E-state index in [2.05, 4.69) is 4.98 Å². The molecule has 1 unspecified atom stereocenters. The Balaban J connectivity index is 2.11. The molecule has 16 heavy (non-hydrogen) atoms. The quantitative estimate of drug-likeness (QED) is 0.746. The summed E-state index contributed by atoms with van der Waals surface area (Å²) < 4.78 is 5.32. The van der Waals surface area contributed by atoms with Gasteiger partial charge in [0, 0.05) is 25.9 Å². The summed E-state index contributed by atoms with van der Waals surface area (Å²) in [6.07, 6.45) is 0.974. The molecule has 88 valence electrons. The van der Waals surface area contributed by atoms with Gasteiger partial charge in [-0.05, 0) is 19.3 Å². The number of likely N-dealkylation sites (tertiary alicyclic amines) is 1. The zero-order valence-corrected chi connectivity index (χ0v) is 10.3. The van der Waals surface area contributed by atoms with Gasteiger partial charge in [0.1, 0.15) is 0 Å². The monoisotopic (exact) mass is 242 g/mol. The molecule has 1 aliphatic heterocycles. The lowest BCUT2D eigenvalue weighted by atomic mass is 10.2. The minimum Gasteiger partial charge on any atom is -0.436 e. The third-order valence-corrected chi connectivity index (χ3v) is 3.33. The SMILES string of the molecule is Cc1nc(C)c(C(=O)N2CCC(CCl)C2)o1. The van der Waals surface area contributed by atoms with Gasteiger partial charge in [0.05, 0.1) is 5.69 Å². The molecular weight excluding hydrogens is 228 g/mol. The number of oxazole rings is 1. The predicted octanol–water partition coefficient (Wildman–Crippen LogP) is 1.99. The molecule has 1 saturated heterocycles. The maximum atomic E-state index is 12.1. The van der Waals surface area contributed by atoms with Crippen LogP contribution in [0.15, 0.2) is 4.42 Å². The molecule has 1 aliphatic rings. The van der Waals surface area contributed by atoms with Gasteiger partial charge in [0.15, 0.2) is 5.89 Å². The summed E-state index contributed by atoms with van der Waals surface area (Å²) >= 11 is 5.79. The highest BCUT2D eigenvalue weighted by atomic mass is 35.5. The molecule has 2 rings (SSSR count). The third-order valence-electron chi connectivity index (χ3n) is 2.89. The fourth-order valence-corrected chi connectivity index (χ4v) is 2.27. The van der Waals surface area contributed by atoms with Crippen molar-refractivity contribution in [3.63, 3.8) is 0 Å². The molecule has 1 amide bonds. The van der Waals surface area contributed by atoms with E-state index in [4.69, 9.17) is 16.0 Å². The normalized spacial score (nSPS) is 20.4. The van der Waals surface area contributed by atoms with Crippen molar-refractivity contribution in [3.05, 3.63) is 17.3 Å². The Bertz CT molecular complexity index is 403. The molecule has 4 nitrogen and oxygen atoms in total. The average Bonchev–Trinajstić information content (AvgIpc) is 2.84. The molecule has 5 heteroatoms. The number of aromatic nitrogens is 1. The molecule has 1 aromatic rings. The van der Waals surface area contributed by atoms with E-state index in [1.165, 1.54) is 0 Å². The van der Waals surface area contributed by atoms with Gasteiger partial charge in [-0.3, -0.25) is 4.79 Å². The predicted molar refractivity (Wildman–Crippen MR) is 60.7 cm³/mol. The second-order valence-corrected chi connectivity index (χ2v) is 4.52. The fourth-order valence-electron chi connectivity index (χ4n) is 2.02. The summed E-state index contributed by atoms with van der Waals surface area (Å²) in [5.41, 5.74) is 0.664. The molecule has 0 aromatic carbocycles. The average molecular weight is 243 g/mol. The first-order valence-corrected chi connectivity index (χ1v) is 5.94. The fraction of sp³-hybridized carbons (Fsp3) is 0.636. The zero-order valence-electron chi connectivity index (χ0n) is 9.49. The molecule has 0 radical (unpaired) electrons. The summed E-state index contributed by atoms with van der Waals surface area (Å²) in [6.45, 7) is 5.02. The van der Waals surface area contributed by atoms with Gasteiger partial charge in [0.25, 0.3) is 5.91 Å². The third kappa shape index (κ3) is 2.07. The zero-order chi connectivity index (χ0) is 11.7. The molecule has 0 N–H and O–H groups in total. The van der Waals surface area contributed by atoms with Gasteiger partial charge in [-0.1, -0.05) is 0 Å². The standard InChI is InChI=1S/C11H15ClN2O2/c1-7-10(16-8(2)13-7)11(15)14-4-3-9(5-12)6-14/h9H,3-6H2,1-2H3. The summed E-state index contributed by atoms with van der Waals surface area (Å²) in [6, 6.07) is 0. The van der Waals surface area contributed by atoms with Crippen molar-refractivity contribution >= 4 is 17.5 Å². The number of nitrogens with zero attached hydrogens (tertiary/aromatic N) is 2. The Morgan fingerprint density at radius 1 is 1.62 bits per heavy atom. The molecule has 0 saturated carbocycles. The number of halogens is 1. The minimum atomic E-state index is -0.0642. The molecule has 1 aromatic heterocycles. The van der Waals surface area contributed by atoms with E-state index in [1.54, 1.807) is 18.7 Å². The van der Waals surface area contributed by atoms with Crippen LogP contribution in [0.25, 0.3) is 0 Å². The summed E-state index contributed by atoms with van der Waals surface area (Å²) in [4.78, 5) is 18.0. The van der Waals surface area contributed by atoms with Crippen molar-refractivity contribution in [1.29, 1.82) is 0 Å². The van der Waals surface area contributed by atoms with E-state index in [-0.39, 0.29) is 5.91 Å². The number of carbonyl (C=O) groups is 1. The van der Waals surface area contributed by atoms with Crippen LogP contribution in [0.1, 0.15) is 28.6 Å². The maximum Gasteiger partial charge on any atom is 0.291 e. The first-order valence-electron chi connectivity index (χ1n) is 5.41. The maximum absolute atomic E-state index is 12.1. The number of alkyl halides is 1. The van der Waals surface area contributed by atoms with Crippen LogP contribution in [0.3, 0.4) is 0 Å². The summed E-state index contributed by atoms with van der Waals surface area (Å²) in [5.74, 6) is 1.86. The highest BCUT2D eigenvalue weighted by Gasteiger charge is 2.29. The number of hydrogen-bond acceptors (Lipinski definition) is 3. The van der Waals surface area contributed by atoms with Gasteiger partial charge in [-0.15, -0.1) is 11.6 Å². The van der Waals surface area contributed by atoms with Gasteiger partial charge in [-0.2, -0.15) is 0 Å². The number of carbonyl (C=O) groups excluding carboxylic acids is 1. The largest absolute Gasteiger partial charge is 0.436 e. The Kier molecular flexibility index (Phi) is 3.19. The number of rotatable bonds is 2. The molecule has 0 aliphatic carbocycles. The minimum absolute atomic E-state index is 0.0642. The Morgan fingerprint density at radius 3 is 2.88 bits per heavy atom. The van der Waals surface area contributed by atoms with Gasteiger partial charge >= 0.3 is 0 Å². The summed E-state index contributed by atoms with van der Waals surface area (Å²) in [5, 5.41) is 0. The lowest BCUT2D eigenvalue weighted by molar-refractivity contribution is 0.0754. The first-order chi connectivity index (χ1) is 7.61. The smallest absolute Gasteiger partial charge is 0.291 e. The van der Waals surface area contributed by atoms with Crippen LogP contribution in [-0.2, 0) is 0 Å². The second kappa shape index (κ2) is 4.45. The number of amides is 1. The Hall–Kier alpha value is -1.03. The van der Waals surface area contributed by atoms with E-state index >= 15 is 0 Å². The van der Waals surface area contributed by atoms with Crippen molar-refractivity contribution in [1.82, 2.24) is 9.88 Å². The van der Waals surface area contributed by atoms with E-state index in [0.717, 1.165) is 19.5 Å².